The summed E-state index contributed by atoms with van der Waals surface area (Å²) >= 11 is 5.89. The molecule has 0 saturated heterocycles. The number of halogens is 1. The lowest BCUT2D eigenvalue weighted by molar-refractivity contribution is 0.0519. The van der Waals surface area contributed by atoms with Gasteiger partial charge in [-0.3, -0.25) is 0 Å². The van der Waals surface area contributed by atoms with E-state index in [2.05, 4.69) is 18.9 Å². The third-order valence-electron chi connectivity index (χ3n) is 2.88. The highest BCUT2D eigenvalue weighted by atomic mass is 35.5. The van der Waals surface area contributed by atoms with Crippen LogP contribution in [-0.4, -0.2) is 22.4 Å². The summed E-state index contributed by atoms with van der Waals surface area (Å²) in [6, 6.07) is 9.11. The Morgan fingerprint density at radius 2 is 2.00 bits per heavy atom. The number of aromatic nitrogens is 2. The summed E-state index contributed by atoms with van der Waals surface area (Å²) in [5.41, 5.74) is 2.15. The highest BCUT2D eigenvalue weighted by molar-refractivity contribution is 6.30. The molecule has 0 atom stereocenters. The summed E-state index contributed by atoms with van der Waals surface area (Å²) in [6.45, 7) is 6.22. The topological polar surface area (TPSA) is 44.1 Å². The van der Waals surface area contributed by atoms with E-state index in [1.807, 2.05) is 12.1 Å². The Morgan fingerprint density at radius 3 is 2.55 bits per heavy atom. The molecule has 2 aromatic rings. The minimum absolute atomic E-state index is 0.237. The van der Waals surface area contributed by atoms with Crippen molar-refractivity contribution in [3.8, 4) is 5.69 Å². The van der Waals surface area contributed by atoms with E-state index in [0.717, 1.165) is 11.4 Å². The van der Waals surface area contributed by atoms with Gasteiger partial charge in [-0.2, -0.15) is 5.10 Å². The van der Waals surface area contributed by atoms with Crippen molar-refractivity contribution < 1.29 is 9.53 Å². The molecule has 1 aromatic carbocycles. The summed E-state index contributed by atoms with van der Waals surface area (Å²) in [5.74, 6) is -0.163. The van der Waals surface area contributed by atoms with E-state index in [1.54, 1.807) is 29.8 Å². The molecule has 0 amide bonds. The van der Waals surface area contributed by atoms with Crippen LogP contribution in [-0.2, 0) is 4.74 Å². The molecule has 5 heteroatoms. The van der Waals surface area contributed by atoms with Crippen LogP contribution < -0.4 is 0 Å². The molecule has 0 N–H and O–H groups in total. The molecule has 2 rings (SSSR count). The lowest BCUT2D eigenvalue weighted by atomic mass is 10.1. The van der Waals surface area contributed by atoms with E-state index >= 15 is 0 Å². The molecule has 0 unspecified atom stereocenters. The van der Waals surface area contributed by atoms with Gasteiger partial charge >= 0.3 is 5.97 Å². The predicted molar refractivity (Wildman–Crippen MR) is 78.6 cm³/mol. The molecule has 20 heavy (non-hydrogen) atoms. The van der Waals surface area contributed by atoms with E-state index < -0.39 is 5.97 Å². The summed E-state index contributed by atoms with van der Waals surface area (Å²) in [5, 5.41) is 5.01. The van der Waals surface area contributed by atoms with Crippen LogP contribution in [0, 0.1) is 0 Å². The van der Waals surface area contributed by atoms with Crippen LogP contribution >= 0.6 is 11.6 Å². The van der Waals surface area contributed by atoms with Crippen LogP contribution in [0.5, 0.6) is 0 Å². The average Bonchev–Trinajstić information content (AvgIpc) is 2.85. The van der Waals surface area contributed by atoms with E-state index in [9.17, 15) is 4.79 Å². The van der Waals surface area contributed by atoms with Crippen molar-refractivity contribution in [2.45, 2.75) is 26.7 Å². The predicted octanol–water partition coefficient (Wildman–Crippen LogP) is 3.83. The van der Waals surface area contributed by atoms with Gasteiger partial charge in [0.05, 0.1) is 12.3 Å². The molecule has 1 heterocycles. The lowest BCUT2D eigenvalue weighted by Crippen LogP contribution is -2.07. The van der Waals surface area contributed by atoms with E-state index in [4.69, 9.17) is 16.3 Å². The Kier molecular flexibility index (Phi) is 4.45. The van der Waals surface area contributed by atoms with Gasteiger partial charge in [-0.25, -0.2) is 9.48 Å². The number of nitrogens with zero attached hydrogens (tertiary/aromatic N) is 2. The van der Waals surface area contributed by atoms with Crippen molar-refractivity contribution in [2.24, 2.45) is 0 Å². The fourth-order valence-corrected chi connectivity index (χ4v) is 2.03. The van der Waals surface area contributed by atoms with Crippen molar-refractivity contribution in [3.05, 3.63) is 46.7 Å². The van der Waals surface area contributed by atoms with Crippen LogP contribution in [0.15, 0.2) is 30.3 Å². The SMILES string of the molecule is CCOC(=O)c1cc(C(C)C)n(-c2ccc(Cl)cc2)n1. The molecule has 106 valence electrons. The number of rotatable bonds is 4. The van der Waals surface area contributed by atoms with Crippen LogP contribution in [0.1, 0.15) is 42.9 Å². The van der Waals surface area contributed by atoms with Crippen molar-refractivity contribution >= 4 is 17.6 Å². The maximum Gasteiger partial charge on any atom is 0.358 e. The standard InChI is InChI=1S/C15H17ClN2O2/c1-4-20-15(19)13-9-14(10(2)3)18(17-13)12-7-5-11(16)6-8-12/h5-10H,4H2,1-3H3. The fraction of sp³-hybridized carbons (Fsp3) is 0.333. The highest BCUT2D eigenvalue weighted by Gasteiger charge is 2.18. The number of carbonyl (C=O) groups excluding carboxylic acids is 1. The smallest absolute Gasteiger partial charge is 0.358 e. The zero-order valence-electron chi connectivity index (χ0n) is 11.8. The molecule has 0 aliphatic carbocycles. The molecule has 0 bridgehead atoms. The Hall–Kier alpha value is -1.81. The fourth-order valence-electron chi connectivity index (χ4n) is 1.90. The first-order valence-corrected chi connectivity index (χ1v) is 6.93. The van der Waals surface area contributed by atoms with Crippen molar-refractivity contribution in [1.82, 2.24) is 9.78 Å². The Balaban J connectivity index is 2.45. The Morgan fingerprint density at radius 1 is 1.35 bits per heavy atom. The summed E-state index contributed by atoms with van der Waals surface area (Å²) < 4.78 is 6.75. The number of benzene rings is 1. The molecule has 0 saturated carbocycles. The minimum atomic E-state index is -0.401. The van der Waals surface area contributed by atoms with Gasteiger partial charge in [0.15, 0.2) is 5.69 Å². The van der Waals surface area contributed by atoms with Gasteiger partial charge in [0, 0.05) is 10.7 Å². The first-order chi connectivity index (χ1) is 9.52. The minimum Gasteiger partial charge on any atom is -0.461 e. The van der Waals surface area contributed by atoms with Crippen LogP contribution in [0.2, 0.25) is 5.02 Å². The van der Waals surface area contributed by atoms with E-state index in [-0.39, 0.29) is 5.92 Å². The second kappa shape index (κ2) is 6.09. The van der Waals surface area contributed by atoms with E-state index in [0.29, 0.717) is 17.3 Å². The maximum atomic E-state index is 11.8. The molecular formula is C15H17ClN2O2. The van der Waals surface area contributed by atoms with Gasteiger partial charge in [-0.1, -0.05) is 25.4 Å². The lowest BCUT2D eigenvalue weighted by Gasteiger charge is -2.09. The monoisotopic (exact) mass is 292 g/mol. The van der Waals surface area contributed by atoms with Gasteiger partial charge in [0.2, 0.25) is 0 Å². The molecule has 0 fully saturated rings. The van der Waals surface area contributed by atoms with Gasteiger partial charge < -0.3 is 4.74 Å². The molecular weight excluding hydrogens is 276 g/mol. The number of hydrogen-bond acceptors (Lipinski definition) is 3. The normalized spacial score (nSPS) is 10.8. The molecule has 1 aromatic heterocycles. The van der Waals surface area contributed by atoms with Gasteiger partial charge in [-0.15, -0.1) is 0 Å². The highest BCUT2D eigenvalue weighted by Crippen LogP contribution is 2.22. The van der Waals surface area contributed by atoms with Gasteiger partial charge in [0.25, 0.3) is 0 Å². The number of esters is 1. The van der Waals surface area contributed by atoms with Crippen molar-refractivity contribution in [2.75, 3.05) is 6.61 Å². The maximum absolute atomic E-state index is 11.8. The summed E-state index contributed by atoms with van der Waals surface area (Å²) in [4.78, 5) is 11.8. The third-order valence-corrected chi connectivity index (χ3v) is 3.14. The van der Waals surface area contributed by atoms with Crippen LogP contribution in [0.3, 0.4) is 0 Å². The molecule has 0 radical (unpaired) electrons. The zero-order chi connectivity index (χ0) is 14.7. The third kappa shape index (κ3) is 3.02. The molecule has 0 spiro atoms. The largest absolute Gasteiger partial charge is 0.461 e. The quantitative estimate of drug-likeness (QED) is 0.805. The molecule has 0 aliphatic rings. The number of carbonyl (C=O) groups is 1. The van der Waals surface area contributed by atoms with E-state index in [1.165, 1.54) is 0 Å². The zero-order valence-corrected chi connectivity index (χ0v) is 12.5. The van der Waals surface area contributed by atoms with Crippen LogP contribution in [0.4, 0.5) is 0 Å². The van der Waals surface area contributed by atoms with Crippen LogP contribution in [0.25, 0.3) is 5.69 Å². The summed E-state index contributed by atoms with van der Waals surface area (Å²) in [7, 11) is 0. The van der Waals surface area contributed by atoms with Crippen molar-refractivity contribution in [1.29, 1.82) is 0 Å². The molecule has 4 nitrogen and oxygen atoms in total. The Bertz CT molecular complexity index is 603. The first kappa shape index (κ1) is 14.6. The Labute approximate surface area is 123 Å². The summed E-state index contributed by atoms with van der Waals surface area (Å²) in [6.07, 6.45) is 0. The number of ether oxygens (including phenoxy) is 1. The van der Waals surface area contributed by atoms with Gasteiger partial charge in [-0.05, 0) is 43.2 Å². The average molecular weight is 293 g/mol. The second-order valence-corrected chi connectivity index (χ2v) is 5.15. The molecule has 0 aliphatic heterocycles. The second-order valence-electron chi connectivity index (χ2n) is 4.72. The van der Waals surface area contributed by atoms with Gasteiger partial charge in [0.1, 0.15) is 0 Å². The van der Waals surface area contributed by atoms with Crippen molar-refractivity contribution in [3.63, 3.8) is 0 Å². The number of hydrogen-bond donors (Lipinski definition) is 0. The first-order valence-electron chi connectivity index (χ1n) is 6.56.